The minimum absolute atomic E-state index is 0.0620. The number of carbonyl (C=O) groups excluding carboxylic acids is 2. The van der Waals surface area contributed by atoms with Crippen molar-refractivity contribution in [2.45, 2.75) is 13.0 Å². The number of halogens is 1. The molecule has 4 rings (SSSR count). The highest BCUT2D eigenvalue weighted by atomic mass is 35.5. The molecule has 2 amide bonds. The van der Waals surface area contributed by atoms with E-state index in [9.17, 15) is 9.59 Å². The quantitative estimate of drug-likeness (QED) is 0.712. The first-order valence-corrected chi connectivity index (χ1v) is 9.48. The Balaban J connectivity index is 1.52. The van der Waals surface area contributed by atoms with Crippen molar-refractivity contribution >= 4 is 23.4 Å². The third kappa shape index (κ3) is 4.07. The number of primary amides is 1. The minimum Gasteiger partial charge on any atom is -0.438 e. The average Bonchev–Trinajstić information content (AvgIpc) is 2.74. The predicted molar refractivity (Wildman–Crippen MR) is 109 cm³/mol. The zero-order chi connectivity index (χ0) is 20.4. The maximum absolute atomic E-state index is 13.0. The molecule has 0 unspecified atom stereocenters. The maximum atomic E-state index is 13.0. The zero-order valence-electron chi connectivity index (χ0n) is 15.5. The van der Waals surface area contributed by atoms with Crippen molar-refractivity contribution in [1.29, 1.82) is 0 Å². The Labute approximate surface area is 172 Å². The molecular formula is C22H18ClN3O3. The summed E-state index contributed by atoms with van der Waals surface area (Å²) in [6.07, 6.45) is 2.13. The summed E-state index contributed by atoms with van der Waals surface area (Å²) >= 11 is 6.12. The van der Waals surface area contributed by atoms with E-state index in [1.807, 2.05) is 17.0 Å². The first-order chi connectivity index (χ1) is 14.0. The second-order valence-corrected chi connectivity index (χ2v) is 7.16. The SMILES string of the molecule is NC(=O)c1cnc(Oc2cccc(C(=O)N3CCc4ccccc4C3)c2)c(Cl)c1. The summed E-state index contributed by atoms with van der Waals surface area (Å²) in [5, 5.41) is 0.158. The van der Waals surface area contributed by atoms with E-state index in [2.05, 4.69) is 17.1 Å². The molecule has 2 aromatic carbocycles. The number of benzene rings is 2. The normalized spacial score (nSPS) is 12.9. The Bertz CT molecular complexity index is 1100. The largest absolute Gasteiger partial charge is 0.438 e. The molecule has 146 valence electrons. The number of nitrogens with zero attached hydrogens (tertiary/aromatic N) is 2. The van der Waals surface area contributed by atoms with Crippen molar-refractivity contribution in [2.24, 2.45) is 5.73 Å². The first kappa shape index (κ1) is 19.0. The fraction of sp³-hybridized carbons (Fsp3) is 0.136. The third-order valence-corrected chi connectivity index (χ3v) is 5.08. The van der Waals surface area contributed by atoms with Gasteiger partial charge in [-0.2, -0.15) is 0 Å². The molecule has 1 aromatic heterocycles. The van der Waals surface area contributed by atoms with Crippen LogP contribution in [0.15, 0.2) is 60.8 Å². The van der Waals surface area contributed by atoms with Crippen molar-refractivity contribution in [3.05, 3.63) is 88.1 Å². The van der Waals surface area contributed by atoms with Gasteiger partial charge in [0.25, 0.3) is 5.91 Å². The van der Waals surface area contributed by atoms with E-state index in [4.69, 9.17) is 22.1 Å². The molecule has 2 heterocycles. The molecule has 7 heteroatoms. The van der Waals surface area contributed by atoms with E-state index in [0.717, 1.165) is 6.42 Å². The highest BCUT2D eigenvalue weighted by Crippen LogP contribution is 2.29. The van der Waals surface area contributed by atoms with E-state index in [-0.39, 0.29) is 22.4 Å². The molecule has 0 atom stereocenters. The molecule has 0 bridgehead atoms. The lowest BCUT2D eigenvalue weighted by Gasteiger charge is -2.29. The fourth-order valence-electron chi connectivity index (χ4n) is 3.29. The van der Waals surface area contributed by atoms with Crippen molar-refractivity contribution < 1.29 is 14.3 Å². The summed E-state index contributed by atoms with van der Waals surface area (Å²) < 4.78 is 5.71. The number of hydrogen-bond acceptors (Lipinski definition) is 4. The van der Waals surface area contributed by atoms with Crippen molar-refractivity contribution in [3.8, 4) is 11.6 Å². The number of amides is 2. The van der Waals surface area contributed by atoms with Gasteiger partial charge in [0.1, 0.15) is 10.8 Å². The second kappa shape index (κ2) is 7.93. The van der Waals surface area contributed by atoms with Gasteiger partial charge in [-0.1, -0.05) is 41.9 Å². The highest BCUT2D eigenvalue weighted by Gasteiger charge is 2.22. The molecular weight excluding hydrogens is 390 g/mol. The predicted octanol–water partition coefficient (Wildman–Crippen LogP) is 3.82. The molecule has 6 nitrogen and oxygen atoms in total. The van der Waals surface area contributed by atoms with Gasteiger partial charge >= 0.3 is 0 Å². The Morgan fingerprint density at radius 1 is 1.03 bits per heavy atom. The molecule has 1 aliphatic rings. The van der Waals surface area contributed by atoms with Gasteiger partial charge in [0, 0.05) is 24.8 Å². The van der Waals surface area contributed by atoms with E-state index in [0.29, 0.717) is 24.4 Å². The lowest BCUT2D eigenvalue weighted by atomic mass is 9.99. The number of carbonyl (C=O) groups is 2. The van der Waals surface area contributed by atoms with Gasteiger partial charge in [-0.25, -0.2) is 4.98 Å². The van der Waals surface area contributed by atoms with Gasteiger partial charge in [-0.15, -0.1) is 0 Å². The van der Waals surface area contributed by atoms with E-state index >= 15 is 0 Å². The Morgan fingerprint density at radius 3 is 2.59 bits per heavy atom. The van der Waals surface area contributed by atoms with Crippen LogP contribution < -0.4 is 10.5 Å². The van der Waals surface area contributed by atoms with Gasteiger partial charge in [0.05, 0.1) is 5.56 Å². The number of fused-ring (bicyclic) bond motifs is 1. The summed E-state index contributed by atoms with van der Waals surface area (Å²) in [5.74, 6) is -0.127. The lowest BCUT2D eigenvalue weighted by Crippen LogP contribution is -2.35. The number of rotatable bonds is 4. The van der Waals surface area contributed by atoms with Crippen molar-refractivity contribution in [1.82, 2.24) is 9.88 Å². The van der Waals surface area contributed by atoms with Gasteiger partial charge in [-0.3, -0.25) is 9.59 Å². The monoisotopic (exact) mass is 407 g/mol. The minimum atomic E-state index is -0.623. The van der Waals surface area contributed by atoms with Gasteiger partial charge in [-0.05, 0) is 41.8 Å². The zero-order valence-corrected chi connectivity index (χ0v) is 16.2. The Kier molecular flexibility index (Phi) is 5.18. The van der Waals surface area contributed by atoms with Crippen LogP contribution in [0.1, 0.15) is 31.8 Å². The van der Waals surface area contributed by atoms with Crippen LogP contribution in [-0.2, 0) is 13.0 Å². The smallest absolute Gasteiger partial charge is 0.254 e. The molecule has 1 aliphatic heterocycles. The van der Waals surface area contributed by atoms with Gasteiger partial charge in [0.2, 0.25) is 11.8 Å². The van der Waals surface area contributed by atoms with Gasteiger partial charge < -0.3 is 15.4 Å². The molecule has 0 aliphatic carbocycles. The van der Waals surface area contributed by atoms with Gasteiger partial charge in [0.15, 0.2) is 0 Å². The van der Waals surface area contributed by atoms with Crippen LogP contribution in [0, 0.1) is 0 Å². The van der Waals surface area contributed by atoms with Crippen LogP contribution in [0.3, 0.4) is 0 Å². The molecule has 2 N–H and O–H groups in total. The lowest BCUT2D eigenvalue weighted by molar-refractivity contribution is 0.0734. The number of aromatic nitrogens is 1. The number of ether oxygens (including phenoxy) is 1. The standard InChI is InChI=1S/C22H18ClN3O3/c23-19-11-17(20(24)27)12-25-21(19)29-18-7-3-6-15(10-18)22(28)26-9-8-14-4-1-2-5-16(14)13-26/h1-7,10-12H,8-9,13H2,(H2,24,27). The average molecular weight is 408 g/mol. The van der Waals surface area contributed by atoms with Crippen molar-refractivity contribution in [2.75, 3.05) is 6.54 Å². The number of nitrogens with two attached hydrogens (primary N) is 1. The number of pyridine rings is 1. The van der Waals surface area contributed by atoms with Crippen LogP contribution in [0.25, 0.3) is 0 Å². The van der Waals surface area contributed by atoms with Crippen LogP contribution in [0.5, 0.6) is 11.6 Å². The second-order valence-electron chi connectivity index (χ2n) is 6.75. The molecule has 0 radical (unpaired) electrons. The summed E-state index contributed by atoms with van der Waals surface area (Å²) in [6.45, 7) is 1.25. The number of hydrogen-bond donors (Lipinski definition) is 1. The molecule has 0 saturated heterocycles. The summed E-state index contributed by atoms with van der Waals surface area (Å²) in [6, 6.07) is 16.4. The van der Waals surface area contributed by atoms with Crippen LogP contribution in [-0.4, -0.2) is 28.2 Å². The van der Waals surface area contributed by atoms with E-state index < -0.39 is 5.91 Å². The highest BCUT2D eigenvalue weighted by molar-refractivity contribution is 6.32. The Morgan fingerprint density at radius 2 is 1.83 bits per heavy atom. The summed E-state index contributed by atoms with van der Waals surface area (Å²) in [5.41, 5.74) is 8.39. The molecule has 0 fully saturated rings. The molecule has 29 heavy (non-hydrogen) atoms. The topological polar surface area (TPSA) is 85.5 Å². The first-order valence-electron chi connectivity index (χ1n) is 9.10. The fourth-order valence-corrected chi connectivity index (χ4v) is 3.50. The van der Waals surface area contributed by atoms with Crippen LogP contribution in [0.4, 0.5) is 0 Å². The summed E-state index contributed by atoms with van der Waals surface area (Å²) in [4.78, 5) is 30.0. The molecule has 0 spiro atoms. The van der Waals surface area contributed by atoms with E-state index in [1.165, 1.54) is 23.4 Å². The Hall–Kier alpha value is -3.38. The maximum Gasteiger partial charge on any atom is 0.254 e. The van der Waals surface area contributed by atoms with Crippen LogP contribution in [0.2, 0.25) is 5.02 Å². The molecule has 3 aromatic rings. The third-order valence-electron chi connectivity index (χ3n) is 4.81. The summed E-state index contributed by atoms with van der Waals surface area (Å²) in [7, 11) is 0. The van der Waals surface area contributed by atoms with Crippen molar-refractivity contribution in [3.63, 3.8) is 0 Å². The van der Waals surface area contributed by atoms with E-state index in [1.54, 1.807) is 24.3 Å². The van der Waals surface area contributed by atoms with Crippen LogP contribution >= 0.6 is 11.6 Å². The molecule has 0 saturated carbocycles.